The summed E-state index contributed by atoms with van der Waals surface area (Å²) in [6, 6.07) is 6.67. The second-order valence-electron chi connectivity index (χ2n) is 6.41. The minimum atomic E-state index is 0.220. The molecule has 0 bridgehead atoms. The van der Waals surface area contributed by atoms with Crippen LogP contribution in [0, 0.1) is 6.92 Å². The monoisotopic (exact) mass is 303 g/mol. The Labute approximate surface area is 134 Å². The fourth-order valence-electron chi connectivity index (χ4n) is 3.27. The van der Waals surface area contributed by atoms with Crippen molar-refractivity contribution in [1.29, 1.82) is 0 Å². The third-order valence-corrected chi connectivity index (χ3v) is 4.55. The van der Waals surface area contributed by atoms with E-state index in [-0.39, 0.29) is 5.91 Å². The standard InChI is InChI=1S/C19H29NO2/c1-15-14-16(12-13-18(15)22-2)8-7-11-19(21)20-17-9-5-3-4-6-10-17/h12-14,17H,3-11H2,1-2H3,(H,20,21). The zero-order valence-corrected chi connectivity index (χ0v) is 14.0. The molecule has 0 unspecified atom stereocenters. The predicted octanol–water partition coefficient (Wildman–Crippen LogP) is 4.17. The molecule has 3 nitrogen and oxygen atoms in total. The van der Waals surface area contributed by atoms with E-state index in [9.17, 15) is 4.79 Å². The van der Waals surface area contributed by atoms with Crippen LogP contribution in [-0.2, 0) is 11.2 Å². The van der Waals surface area contributed by atoms with Gasteiger partial charge in [-0.2, -0.15) is 0 Å². The molecule has 1 aliphatic rings. The van der Waals surface area contributed by atoms with Crippen molar-refractivity contribution in [3.63, 3.8) is 0 Å². The van der Waals surface area contributed by atoms with Gasteiger partial charge in [0.1, 0.15) is 5.75 Å². The maximum Gasteiger partial charge on any atom is 0.220 e. The van der Waals surface area contributed by atoms with Gasteiger partial charge in [-0.25, -0.2) is 0 Å². The van der Waals surface area contributed by atoms with Gasteiger partial charge in [-0.05, 0) is 49.8 Å². The SMILES string of the molecule is COc1ccc(CCCC(=O)NC2CCCCCC2)cc1C. The molecule has 1 saturated carbocycles. The number of ether oxygens (including phenoxy) is 1. The summed E-state index contributed by atoms with van der Waals surface area (Å²) in [5, 5.41) is 3.22. The van der Waals surface area contributed by atoms with Crippen LogP contribution in [0.5, 0.6) is 5.75 Å². The van der Waals surface area contributed by atoms with E-state index in [1.165, 1.54) is 31.2 Å². The molecule has 1 aromatic rings. The summed E-state index contributed by atoms with van der Waals surface area (Å²) in [6.07, 6.45) is 9.96. The Bertz CT molecular complexity index is 476. The van der Waals surface area contributed by atoms with Crippen LogP contribution in [0.1, 0.15) is 62.5 Å². The second kappa shape index (κ2) is 8.82. The van der Waals surface area contributed by atoms with E-state index in [0.717, 1.165) is 37.0 Å². The van der Waals surface area contributed by atoms with Crippen molar-refractivity contribution in [3.8, 4) is 5.75 Å². The molecular formula is C19H29NO2. The van der Waals surface area contributed by atoms with Crippen LogP contribution in [0.4, 0.5) is 0 Å². The predicted molar refractivity (Wildman–Crippen MR) is 90.3 cm³/mol. The lowest BCUT2D eigenvalue weighted by Crippen LogP contribution is -2.34. The first kappa shape index (κ1) is 16.9. The Balaban J connectivity index is 1.71. The van der Waals surface area contributed by atoms with Gasteiger partial charge in [-0.3, -0.25) is 4.79 Å². The van der Waals surface area contributed by atoms with E-state index in [4.69, 9.17) is 4.74 Å². The van der Waals surface area contributed by atoms with Crippen molar-refractivity contribution in [3.05, 3.63) is 29.3 Å². The highest BCUT2D eigenvalue weighted by Gasteiger charge is 2.14. The Hall–Kier alpha value is -1.51. The number of hydrogen-bond donors (Lipinski definition) is 1. The largest absolute Gasteiger partial charge is 0.496 e. The van der Waals surface area contributed by atoms with Gasteiger partial charge in [0.25, 0.3) is 0 Å². The highest BCUT2D eigenvalue weighted by molar-refractivity contribution is 5.76. The molecule has 1 amide bonds. The van der Waals surface area contributed by atoms with Gasteiger partial charge in [0.15, 0.2) is 0 Å². The number of amides is 1. The molecule has 0 radical (unpaired) electrons. The average molecular weight is 303 g/mol. The molecular weight excluding hydrogens is 274 g/mol. The fourth-order valence-corrected chi connectivity index (χ4v) is 3.27. The summed E-state index contributed by atoms with van der Waals surface area (Å²) in [5.41, 5.74) is 2.43. The van der Waals surface area contributed by atoms with Crippen molar-refractivity contribution < 1.29 is 9.53 Å². The molecule has 1 aromatic carbocycles. The van der Waals surface area contributed by atoms with Crippen molar-refractivity contribution in [2.45, 2.75) is 70.8 Å². The molecule has 1 aliphatic carbocycles. The van der Waals surface area contributed by atoms with E-state index in [2.05, 4.69) is 24.4 Å². The topological polar surface area (TPSA) is 38.3 Å². The van der Waals surface area contributed by atoms with Crippen LogP contribution < -0.4 is 10.1 Å². The molecule has 0 atom stereocenters. The summed E-state index contributed by atoms with van der Waals surface area (Å²) in [7, 11) is 1.69. The number of methoxy groups -OCH3 is 1. The fraction of sp³-hybridized carbons (Fsp3) is 0.632. The minimum absolute atomic E-state index is 0.220. The van der Waals surface area contributed by atoms with Crippen LogP contribution in [0.3, 0.4) is 0 Å². The van der Waals surface area contributed by atoms with Crippen LogP contribution >= 0.6 is 0 Å². The number of benzene rings is 1. The third kappa shape index (κ3) is 5.36. The van der Waals surface area contributed by atoms with E-state index < -0.39 is 0 Å². The number of rotatable bonds is 6. The number of hydrogen-bond acceptors (Lipinski definition) is 2. The van der Waals surface area contributed by atoms with Gasteiger partial charge in [0, 0.05) is 12.5 Å². The maximum absolute atomic E-state index is 12.0. The molecule has 0 spiro atoms. The van der Waals surface area contributed by atoms with Crippen molar-refractivity contribution in [2.24, 2.45) is 0 Å². The first-order valence-corrected chi connectivity index (χ1v) is 8.62. The van der Waals surface area contributed by atoms with Crippen LogP contribution in [-0.4, -0.2) is 19.1 Å². The molecule has 22 heavy (non-hydrogen) atoms. The number of nitrogens with one attached hydrogen (secondary N) is 1. The van der Waals surface area contributed by atoms with Gasteiger partial charge >= 0.3 is 0 Å². The summed E-state index contributed by atoms with van der Waals surface area (Å²) in [4.78, 5) is 12.0. The lowest BCUT2D eigenvalue weighted by molar-refractivity contribution is -0.121. The van der Waals surface area contributed by atoms with Crippen LogP contribution in [0.15, 0.2) is 18.2 Å². The van der Waals surface area contributed by atoms with Gasteiger partial charge in [-0.1, -0.05) is 37.8 Å². The number of carbonyl (C=O) groups excluding carboxylic acids is 1. The van der Waals surface area contributed by atoms with E-state index in [1.807, 2.05) is 6.07 Å². The zero-order chi connectivity index (χ0) is 15.8. The summed E-state index contributed by atoms with van der Waals surface area (Å²) < 4.78 is 5.27. The Morgan fingerprint density at radius 3 is 2.59 bits per heavy atom. The minimum Gasteiger partial charge on any atom is -0.496 e. The third-order valence-electron chi connectivity index (χ3n) is 4.55. The molecule has 0 aliphatic heterocycles. The molecule has 2 rings (SSSR count). The molecule has 0 saturated heterocycles. The average Bonchev–Trinajstić information content (AvgIpc) is 2.76. The number of carbonyl (C=O) groups is 1. The van der Waals surface area contributed by atoms with Gasteiger partial charge < -0.3 is 10.1 Å². The first-order valence-electron chi connectivity index (χ1n) is 8.62. The molecule has 1 fully saturated rings. The van der Waals surface area contributed by atoms with Crippen molar-refractivity contribution in [1.82, 2.24) is 5.32 Å². The highest BCUT2D eigenvalue weighted by atomic mass is 16.5. The van der Waals surface area contributed by atoms with Gasteiger partial charge in [0.05, 0.1) is 7.11 Å². The first-order chi connectivity index (χ1) is 10.7. The Morgan fingerprint density at radius 2 is 1.95 bits per heavy atom. The van der Waals surface area contributed by atoms with Gasteiger partial charge in [-0.15, -0.1) is 0 Å². The Morgan fingerprint density at radius 1 is 1.23 bits per heavy atom. The van der Waals surface area contributed by atoms with E-state index >= 15 is 0 Å². The van der Waals surface area contributed by atoms with Gasteiger partial charge in [0.2, 0.25) is 5.91 Å². The molecule has 0 aromatic heterocycles. The summed E-state index contributed by atoms with van der Waals surface area (Å²) in [5.74, 6) is 1.15. The molecule has 1 N–H and O–H groups in total. The molecule has 3 heteroatoms. The lowest BCUT2D eigenvalue weighted by atomic mass is 10.0. The smallest absolute Gasteiger partial charge is 0.220 e. The zero-order valence-electron chi connectivity index (χ0n) is 14.0. The Kier molecular flexibility index (Phi) is 6.75. The molecule has 0 heterocycles. The quantitative estimate of drug-likeness (QED) is 0.801. The van der Waals surface area contributed by atoms with Crippen LogP contribution in [0.2, 0.25) is 0 Å². The summed E-state index contributed by atoms with van der Waals surface area (Å²) in [6.45, 7) is 2.06. The van der Waals surface area contributed by atoms with Crippen molar-refractivity contribution in [2.75, 3.05) is 7.11 Å². The maximum atomic E-state index is 12.0. The number of aryl methyl sites for hydroxylation is 2. The highest BCUT2D eigenvalue weighted by Crippen LogP contribution is 2.20. The van der Waals surface area contributed by atoms with Crippen LogP contribution in [0.25, 0.3) is 0 Å². The molecule has 122 valence electrons. The lowest BCUT2D eigenvalue weighted by Gasteiger charge is -2.16. The second-order valence-corrected chi connectivity index (χ2v) is 6.41. The summed E-state index contributed by atoms with van der Waals surface area (Å²) >= 11 is 0. The van der Waals surface area contributed by atoms with E-state index in [0.29, 0.717) is 12.5 Å². The van der Waals surface area contributed by atoms with Crippen molar-refractivity contribution >= 4 is 5.91 Å². The normalized spacial score (nSPS) is 16.1. The van der Waals surface area contributed by atoms with E-state index in [1.54, 1.807) is 7.11 Å².